The number of fused-ring (bicyclic) bond motifs is 5. The average molecular weight is 430 g/mol. The van der Waals surface area contributed by atoms with Crippen molar-refractivity contribution < 1.29 is 13.6 Å². The van der Waals surface area contributed by atoms with E-state index in [4.69, 9.17) is 0 Å². The highest BCUT2D eigenvalue weighted by atomic mass is 19.1. The number of Topliss-reactive ketones (excluding diaryl/α,β-unsaturated/α-hetero) is 1. The van der Waals surface area contributed by atoms with Gasteiger partial charge in [0.1, 0.15) is 11.5 Å². The first-order chi connectivity index (χ1) is 14.8. The summed E-state index contributed by atoms with van der Waals surface area (Å²) in [6.45, 7) is 4.76. The number of hydrogen-bond acceptors (Lipinski definition) is 2. The highest BCUT2D eigenvalue weighted by molar-refractivity contribution is 5.86. The van der Waals surface area contributed by atoms with E-state index >= 15 is 4.39 Å². The number of carbonyl (C=O) groups excluding carboxylic acids is 1. The first kappa shape index (κ1) is 21.4. The molecule has 4 fully saturated rings. The normalized spacial score (nSPS) is 44.1. The number of nitrogens with one attached hydrogen (secondary N) is 1. The van der Waals surface area contributed by atoms with Crippen LogP contribution in [-0.4, -0.2) is 18.0 Å². The molecule has 2 nitrogen and oxygen atoms in total. The molecule has 170 valence electrons. The molecule has 0 spiro atoms. The van der Waals surface area contributed by atoms with Gasteiger partial charge in [0, 0.05) is 5.92 Å². The maximum absolute atomic E-state index is 16.4. The third-order valence-electron chi connectivity index (χ3n) is 10.0. The summed E-state index contributed by atoms with van der Waals surface area (Å²) in [5.41, 5.74) is -0.602. The van der Waals surface area contributed by atoms with Crippen molar-refractivity contribution in [2.45, 2.75) is 77.3 Å². The summed E-state index contributed by atoms with van der Waals surface area (Å²) in [5.74, 6) is 1.90. The number of hydrogen-bond donors (Lipinski definition) is 1. The van der Waals surface area contributed by atoms with Crippen molar-refractivity contribution in [2.24, 2.45) is 40.9 Å². The predicted molar refractivity (Wildman–Crippen MR) is 120 cm³/mol. The van der Waals surface area contributed by atoms with Crippen molar-refractivity contribution in [1.82, 2.24) is 0 Å². The second-order valence-electron chi connectivity index (χ2n) is 11.4. The van der Waals surface area contributed by atoms with Crippen LogP contribution in [0.25, 0.3) is 0 Å². The summed E-state index contributed by atoms with van der Waals surface area (Å²) in [6, 6.07) is 6.52. The number of para-hydroxylation sites is 1. The molecular formula is C27H37F2NO. The van der Waals surface area contributed by atoms with Gasteiger partial charge in [0.05, 0.1) is 12.2 Å². The van der Waals surface area contributed by atoms with E-state index in [1.165, 1.54) is 6.07 Å². The van der Waals surface area contributed by atoms with Gasteiger partial charge in [0.2, 0.25) is 0 Å². The van der Waals surface area contributed by atoms with Gasteiger partial charge in [0.25, 0.3) is 0 Å². The molecule has 0 heterocycles. The molecule has 0 unspecified atom stereocenters. The van der Waals surface area contributed by atoms with E-state index in [9.17, 15) is 9.18 Å². The van der Waals surface area contributed by atoms with Crippen molar-refractivity contribution >= 4 is 11.5 Å². The van der Waals surface area contributed by atoms with Gasteiger partial charge in [-0.3, -0.25) is 4.79 Å². The minimum atomic E-state index is -0.967. The molecule has 31 heavy (non-hydrogen) atoms. The lowest BCUT2D eigenvalue weighted by Crippen LogP contribution is -2.56. The minimum Gasteiger partial charge on any atom is -0.376 e. The Hall–Kier alpha value is -1.45. The van der Waals surface area contributed by atoms with Gasteiger partial charge in [-0.15, -0.1) is 0 Å². The number of alkyl halides is 1. The fraction of sp³-hybridized carbons (Fsp3) is 0.741. The van der Waals surface area contributed by atoms with Crippen LogP contribution in [0.1, 0.15) is 71.6 Å². The molecular weight excluding hydrogens is 392 g/mol. The third kappa shape index (κ3) is 3.43. The third-order valence-corrected chi connectivity index (χ3v) is 10.0. The molecule has 4 aliphatic rings. The molecule has 4 heteroatoms. The number of ketones is 1. The van der Waals surface area contributed by atoms with Gasteiger partial charge in [-0.2, -0.15) is 0 Å². The van der Waals surface area contributed by atoms with Gasteiger partial charge >= 0.3 is 0 Å². The van der Waals surface area contributed by atoms with Crippen LogP contribution >= 0.6 is 0 Å². The lowest BCUT2D eigenvalue weighted by molar-refractivity contribution is -0.145. The molecule has 1 N–H and O–H groups in total. The van der Waals surface area contributed by atoms with Crippen molar-refractivity contribution in [1.29, 1.82) is 0 Å². The highest BCUT2D eigenvalue weighted by Crippen LogP contribution is 2.66. The number of carbonyl (C=O) groups is 1. The van der Waals surface area contributed by atoms with E-state index in [0.717, 1.165) is 57.8 Å². The summed E-state index contributed by atoms with van der Waals surface area (Å²) in [6.07, 6.45) is 8.85. The molecule has 0 saturated heterocycles. The van der Waals surface area contributed by atoms with E-state index in [1.54, 1.807) is 18.2 Å². The first-order valence-corrected chi connectivity index (χ1v) is 12.5. The molecule has 4 saturated carbocycles. The van der Waals surface area contributed by atoms with Gasteiger partial charge in [0.15, 0.2) is 5.78 Å². The highest BCUT2D eigenvalue weighted by Gasteiger charge is 2.62. The van der Waals surface area contributed by atoms with E-state index in [0.29, 0.717) is 23.4 Å². The molecule has 8 atom stereocenters. The molecule has 5 rings (SSSR count). The molecule has 0 amide bonds. The fourth-order valence-electron chi connectivity index (χ4n) is 8.44. The number of anilines is 1. The zero-order valence-electron chi connectivity index (χ0n) is 19.0. The Kier molecular flexibility index (Phi) is 5.42. The van der Waals surface area contributed by atoms with Crippen LogP contribution in [0.15, 0.2) is 24.3 Å². The van der Waals surface area contributed by atoms with Crippen molar-refractivity contribution in [3.05, 3.63) is 30.1 Å². The molecule has 4 aliphatic carbocycles. The maximum Gasteiger partial charge on any atom is 0.155 e. The smallest absolute Gasteiger partial charge is 0.155 e. The Morgan fingerprint density at radius 2 is 1.87 bits per heavy atom. The molecule has 1 aromatic rings. The van der Waals surface area contributed by atoms with Crippen LogP contribution in [0.3, 0.4) is 0 Å². The molecule has 0 bridgehead atoms. The largest absolute Gasteiger partial charge is 0.376 e. The van der Waals surface area contributed by atoms with Crippen LogP contribution in [-0.2, 0) is 4.79 Å². The lowest BCUT2D eigenvalue weighted by atomic mass is 9.48. The zero-order valence-corrected chi connectivity index (χ0v) is 19.0. The number of benzene rings is 1. The Balaban J connectivity index is 1.30. The predicted octanol–water partition coefficient (Wildman–Crippen LogP) is 6.80. The van der Waals surface area contributed by atoms with Crippen molar-refractivity contribution in [2.75, 3.05) is 11.9 Å². The molecule has 0 radical (unpaired) electrons. The van der Waals surface area contributed by atoms with Gasteiger partial charge in [-0.25, -0.2) is 8.78 Å². The van der Waals surface area contributed by atoms with Crippen LogP contribution < -0.4 is 5.32 Å². The van der Waals surface area contributed by atoms with Gasteiger partial charge in [-0.1, -0.05) is 26.0 Å². The van der Waals surface area contributed by atoms with Gasteiger partial charge < -0.3 is 5.32 Å². The molecule has 0 aromatic heterocycles. The lowest BCUT2D eigenvalue weighted by Gasteiger charge is -2.58. The Labute approximate surface area is 185 Å². The SMILES string of the molecule is C[C@H]1CC[C@@]2(F)[C@H](CC[C@H]3[C@@H]4CC[C@H](C(=O)CNc5ccccc5F)[C@@]4(C)CC[C@@H]32)C1. The van der Waals surface area contributed by atoms with E-state index in [2.05, 4.69) is 19.2 Å². The monoisotopic (exact) mass is 429 g/mol. The summed E-state index contributed by atoms with van der Waals surface area (Å²) < 4.78 is 30.3. The van der Waals surface area contributed by atoms with Crippen LogP contribution in [0.4, 0.5) is 14.5 Å². The first-order valence-electron chi connectivity index (χ1n) is 12.5. The average Bonchev–Trinajstić information content (AvgIpc) is 3.11. The summed E-state index contributed by atoms with van der Waals surface area (Å²) in [4.78, 5) is 13.2. The van der Waals surface area contributed by atoms with Crippen LogP contribution in [0.5, 0.6) is 0 Å². The topological polar surface area (TPSA) is 29.1 Å². The molecule has 1 aromatic carbocycles. The molecule has 0 aliphatic heterocycles. The summed E-state index contributed by atoms with van der Waals surface area (Å²) in [7, 11) is 0. The summed E-state index contributed by atoms with van der Waals surface area (Å²) in [5, 5.41) is 3.02. The standard InChI is InChI=1S/C27H37F2NO/c1-17-11-14-27(29)18(15-17)7-8-19-20-9-10-22(26(20,2)13-12-21(19)27)25(31)16-30-24-6-4-3-5-23(24)28/h3-6,17-22,30H,7-16H2,1-2H3/t17-,18+,19-,20-,21-,22+,26-,27+/m0/s1. The van der Waals surface area contributed by atoms with Crippen LogP contribution in [0.2, 0.25) is 0 Å². The van der Waals surface area contributed by atoms with Crippen molar-refractivity contribution in [3.63, 3.8) is 0 Å². The second kappa shape index (κ2) is 7.85. The van der Waals surface area contributed by atoms with E-state index in [1.807, 2.05) is 0 Å². The van der Waals surface area contributed by atoms with E-state index < -0.39 is 5.67 Å². The second-order valence-corrected chi connectivity index (χ2v) is 11.4. The summed E-state index contributed by atoms with van der Waals surface area (Å²) >= 11 is 0. The van der Waals surface area contributed by atoms with E-state index in [-0.39, 0.29) is 41.3 Å². The van der Waals surface area contributed by atoms with Crippen LogP contribution in [0, 0.1) is 46.7 Å². The van der Waals surface area contributed by atoms with Gasteiger partial charge in [-0.05, 0) is 105 Å². The van der Waals surface area contributed by atoms with Crippen molar-refractivity contribution in [3.8, 4) is 0 Å². The Morgan fingerprint density at radius 3 is 2.68 bits per heavy atom. The quantitative estimate of drug-likeness (QED) is 0.570. The zero-order chi connectivity index (χ0) is 21.8. The Morgan fingerprint density at radius 1 is 1.06 bits per heavy atom. The fourth-order valence-corrected chi connectivity index (χ4v) is 8.44. The number of rotatable bonds is 4. The minimum absolute atomic E-state index is 0.0115. The maximum atomic E-state index is 16.4. The number of halogens is 2. The Bertz CT molecular complexity index is 842.